The SMILES string of the molecule is Cc1onc(-c2ccccc2)c1-c1nnc2c3cc(N4CCC(O)CC4)ccc3cnn12. The summed E-state index contributed by atoms with van der Waals surface area (Å²) in [6.45, 7) is 3.55. The van der Waals surface area contributed by atoms with Gasteiger partial charge in [-0.2, -0.15) is 9.61 Å². The molecule has 1 fully saturated rings. The molecule has 0 spiro atoms. The number of benzene rings is 2. The van der Waals surface area contributed by atoms with Crippen LogP contribution in [0.25, 0.3) is 39.1 Å². The maximum Gasteiger partial charge on any atom is 0.191 e. The number of anilines is 1. The van der Waals surface area contributed by atoms with Crippen molar-refractivity contribution in [2.24, 2.45) is 0 Å². The van der Waals surface area contributed by atoms with Gasteiger partial charge in [0, 0.05) is 35.1 Å². The minimum absolute atomic E-state index is 0.202. The smallest absolute Gasteiger partial charge is 0.191 e. The Morgan fingerprint density at radius 1 is 1.03 bits per heavy atom. The molecule has 2 aromatic carbocycles. The number of rotatable bonds is 3. The molecule has 0 amide bonds. The summed E-state index contributed by atoms with van der Waals surface area (Å²) < 4.78 is 7.29. The highest BCUT2D eigenvalue weighted by Gasteiger charge is 2.23. The van der Waals surface area contributed by atoms with Crippen molar-refractivity contribution in [1.29, 1.82) is 0 Å². The molecule has 1 N–H and O–H groups in total. The second-order valence-electron chi connectivity index (χ2n) is 8.22. The second kappa shape index (κ2) is 7.42. The van der Waals surface area contributed by atoms with Crippen LogP contribution in [-0.2, 0) is 0 Å². The van der Waals surface area contributed by atoms with Crippen LogP contribution in [0.2, 0.25) is 0 Å². The van der Waals surface area contributed by atoms with Gasteiger partial charge in [0.05, 0.1) is 17.9 Å². The second-order valence-corrected chi connectivity index (χ2v) is 8.22. The van der Waals surface area contributed by atoms with Crippen LogP contribution < -0.4 is 4.90 Å². The molecular formula is C24H22N6O2. The van der Waals surface area contributed by atoms with Gasteiger partial charge in [0.15, 0.2) is 11.5 Å². The van der Waals surface area contributed by atoms with Crippen molar-refractivity contribution in [2.45, 2.75) is 25.9 Å². The van der Waals surface area contributed by atoms with E-state index < -0.39 is 0 Å². The Kier molecular flexibility index (Phi) is 4.39. The van der Waals surface area contributed by atoms with Crippen molar-refractivity contribution in [3.8, 4) is 22.6 Å². The Morgan fingerprint density at radius 2 is 1.84 bits per heavy atom. The van der Waals surface area contributed by atoms with Gasteiger partial charge >= 0.3 is 0 Å². The van der Waals surface area contributed by atoms with E-state index in [1.54, 1.807) is 4.52 Å². The van der Waals surface area contributed by atoms with Gasteiger partial charge in [0.2, 0.25) is 0 Å². The van der Waals surface area contributed by atoms with Crippen molar-refractivity contribution in [3.63, 3.8) is 0 Å². The molecule has 3 aromatic heterocycles. The monoisotopic (exact) mass is 426 g/mol. The highest BCUT2D eigenvalue weighted by molar-refractivity contribution is 5.96. The average molecular weight is 426 g/mol. The van der Waals surface area contributed by atoms with Crippen LogP contribution >= 0.6 is 0 Å². The van der Waals surface area contributed by atoms with E-state index in [4.69, 9.17) is 4.52 Å². The first kappa shape index (κ1) is 18.9. The number of aliphatic hydroxyl groups excluding tert-OH is 1. The van der Waals surface area contributed by atoms with Crippen LogP contribution in [0, 0.1) is 6.92 Å². The third-order valence-corrected chi connectivity index (χ3v) is 6.19. The largest absolute Gasteiger partial charge is 0.393 e. The fourth-order valence-corrected chi connectivity index (χ4v) is 4.43. The molecule has 0 saturated carbocycles. The lowest BCUT2D eigenvalue weighted by Crippen LogP contribution is -2.35. The van der Waals surface area contributed by atoms with Gasteiger partial charge in [0.1, 0.15) is 11.5 Å². The van der Waals surface area contributed by atoms with E-state index in [0.29, 0.717) is 17.2 Å². The number of nitrogens with zero attached hydrogens (tertiary/aromatic N) is 6. The van der Waals surface area contributed by atoms with Crippen LogP contribution in [0.5, 0.6) is 0 Å². The Bertz CT molecular complexity index is 1420. The van der Waals surface area contributed by atoms with Gasteiger partial charge in [0.25, 0.3) is 0 Å². The van der Waals surface area contributed by atoms with Gasteiger partial charge in [-0.3, -0.25) is 0 Å². The number of aliphatic hydroxyl groups is 1. The van der Waals surface area contributed by atoms with Crippen molar-refractivity contribution in [1.82, 2.24) is 25.0 Å². The third-order valence-electron chi connectivity index (χ3n) is 6.19. The molecule has 6 rings (SSSR count). The molecule has 160 valence electrons. The van der Waals surface area contributed by atoms with Crippen LogP contribution in [0.4, 0.5) is 5.69 Å². The lowest BCUT2D eigenvalue weighted by molar-refractivity contribution is 0.145. The molecule has 5 aromatic rings. The number of fused-ring (bicyclic) bond motifs is 3. The number of hydrogen-bond acceptors (Lipinski definition) is 7. The van der Waals surface area contributed by atoms with Crippen molar-refractivity contribution < 1.29 is 9.63 Å². The molecule has 8 heteroatoms. The zero-order valence-electron chi connectivity index (χ0n) is 17.6. The first-order valence-electron chi connectivity index (χ1n) is 10.8. The summed E-state index contributed by atoms with van der Waals surface area (Å²) >= 11 is 0. The molecule has 1 saturated heterocycles. The van der Waals surface area contributed by atoms with E-state index >= 15 is 0 Å². The Hall–Kier alpha value is -3.78. The van der Waals surface area contributed by atoms with Crippen LogP contribution in [-0.4, -0.2) is 49.3 Å². The minimum atomic E-state index is -0.202. The van der Waals surface area contributed by atoms with Gasteiger partial charge in [-0.15, -0.1) is 10.2 Å². The summed E-state index contributed by atoms with van der Waals surface area (Å²) in [5.74, 6) is 1.27. The maximum absolute atomic E-state index is 9.84. The van der Waals surface area contributed by atoms with Gasteiger partial charge in [-0.25, -0.2) is 0 Å². The van der Waals surface area contributed by atoms with Crippen molar-refractivity contribution >= 4 is 22.1 Å². The molecular weight excluding hydrogens is 404 g/mol. The van der Waals surface area contributed by atoms with E-state index in [1.807, 2.05) is 43.5 Å². The number of hydrogen-bond donors (Lipinski definition) is 1. The maximum atomic E-state index is 9.84. The molecule has 0 atom stereocenters. The fraction of sp³-hybridized carbons (Fsp3) is 0.250. The molecule has 1 aliphatic heterocycles. The lowest BCUT2D eigenvalue weighted by Gasteiger charge is -2.31. The Labute approximate surface area is 184 Å². The summed E-state index contributed by atoms with van der Waals surface area (Å²) in [6.07, 6.45) is 3.21. The third kappa shape index (κ3) is 3.03. The Morgan fingerprint density at radius 3 is 2.66 bits per heavy atom. The summed E-state index contributed by atoms with van der Waals surface area (Å²) in [5, 5.41) is 29.7. The fourth-order valence-electron chi connectivity index (χ4n) is 4.43. The van der Waals surface area contributed by atoms with Gasteiger partial charge in [-0.1, -0.05) is 41.6 Å². The van der Waals surface area contributed by atoms with Crippen LogP contribution in [0.15, 0.2) is 59.3 Å². The van der Waals surface area contributed by atoms with E-state index in [1.165, 1.54) is 0 Å². The molecule has 0 unspecified atom stereocenters. The molecule has 4 heterocycles. The molecule has 0 radical (unpaired) electrons. The van der Waals surface area contributed by atoms with Crippen LogP contribution in [0.3, 0.4) is 0 Å². The Balaban J connectivity index is 1.49. The highest BCUT2D eigenvalue weighted by Crippen LogP contribution is 2.34. The lowest BCUT2D eigenvalue weighted by atomic mass is 10.1. The first-order chi connectivity index (χ1) is 15.7. The molecule has 0 bridgehead atoms. The van der Waals surface area contributed by atoms with E-state index in [-0.39, 0.29) is 6.10 Å². The predicted molar refractivity (Wildman–Crippen MR) is 121 cm³/mol. The number of aromatic nitrogens is 5. The molecule has 8 nitrogen and oxygen atoms in total. The zero-order chi connectivity index (χ0) is 21.7. The van der Waals surface area contributed by atoms with Crippen molar-refractivity contribution in [2.75, 3.05) is 18.0 Å². The minimum Gasteiger partial charge on any atom is -0.393 e. The molecule has 1 aliphatic rings. The van der Waals surface area contributed by atoms with E-state index in [9.17, 15) is 5.11 Å². The average Bonchev–Trinajstić information content (AvgIpc) is 3.43. The molecule has 0 aliphatic carbocycles. The standard InChI is InChI=1S/C24H22N6O2/c1-15-21(22(28-32-15)16-5-3-2-4-6-16)24-27-26-23-20-13-18(29-11-9-19(31)10-12-29)8-7-17(20)14-25-30(23)24/h2-8,13-14,19,31H,9-12H2,1H3. The summed E-state index contributed by atoms with van der Waals surface area (Å²) in [7, 11) is 0. The first-order valence-corrected chi connectivity index (χ1v) is 10.8. The summed E-state index contributed by atoms with van der Waals surface area (Å²) in [6, 6.07) is 16.2. The van der Waals surface area contributed by atoms with E-state index in [0.717, 1.165) is 59.2 Å². The van der Waals surface area contributed by atoms with Crippen molar-refractivity contribution in [3.05, 3.63) is 60.5 Å². The topological polar surface area (TPSA) is 92.6 Å². The zero-order valence-corrected chi connectivity index (χ0v) is 17.6. The summed E-state index contributed by atoms with van der Waals surface area (Å²) in [4.78, 5) is 2.30. The normalized spacial score (nSPS) is 15.1. The van der Waals surface area contributed by atoms with E-state index in [2.05, 4.69) is 43.6 Å². The summed E-state index contributed by atoms with van der Waals surface area (Å²) in [5.41, 5.74) is 4.27. The number of piperidine rings is 1. The quantitative estimate of drug-likeness (QED) is 0.468. The van der Waals surface area contributed by atoms with Gasteiger partial charge < -0.3 is 14.5 Å². The van der Waals surface area contributed by atoms with Gasteiger partial charge in [-0.05, 0) is 31.9 Å². The van der Waals surface area contributed by atoms with Crippen LogP contribution in [0.1, 0.15) is 18.6 Å². The predicted octanol–water partition coefficient (Wildman–Crippen LogP) is 3.87. The molecule has 32 heavy (non-hydrogen) atoms. The highest BCUT2D eigenvalue weighted by atomic mass is 16.5. The number of aryl methyl sites for hydroxylation is 1.